The summed E-state index contributed by atoms with van der Waals surface area (Å²) in [4.78, 5) is 12.3. The summed E-state index contributed by atoms with van der Waals surface area (Å²) in [6.45, 7) is 4.73. The summed E-state index contributed by atoms with van der Waals surface area (Å²) in [7, 11) is 0. The lowest BCUT2D eigenvalue weighted by Gasteiger charge is -2.14. The van der Waals surface area contributed by atoms with Gasteiger partial charge in [0.15, 0.2) is 0 Å². The highest BCUT2D eigenvalue weighted by Crippen LogP contribution is 2.30. The van der Waals surface area contributed by atoms with Crippen LogP contribution in [0.4, 0.5) is 5.69 Å². The van der Waals surface area contributed by atoms with Gasteiger partial charge in [0.1, 0.15) is 23.6 Å². The normalized spacial score (nSPS) is 10.3. The molecule has 0 atom stereocenters. The lowest BCUT2D eigenvalue weighted by Crippen LogP contribution is -2.10. The molecular formula is C30H46N4O3. The molecule has 1 aromatic carbocycles. The summed E-state index contributed by atoms with van der Waals surface area (Å²) in [6, 6.07) is 8.40. The first kappa shape index (κ1) is 32.0. The van der Waals surface area contributed by atoms with E-state index in [1.807, 2.05) is 0 Å². The molecule has 1 aromatic rings. The van der Waals surface area contributed by atoms with E-state index >= 15 is 0 Å². The van der Waals surface area contributed by atoms with Crippen LogP contribution in [-0.4, -0.2) is 24.9 Å². The predicted molar refractivity (Wildman–Crippen MR) is 150 cm³/mol. The van der Waals surface area contributed by atoms with Gasteiger partial charge < -0.3 is 9.47 Å². The van der Waals surface area contributed by atoms with Crippen molar-refractivity contribution >= 4 is 17.4 Å². The molecule has 0 aliphatic carbocycles. The summed E-state index contributed by atoms with van der Waals surface area (Å²) in [5.41, 5.74) is 2.84. The Balaban J connectivity index is 2.26. The minimum Gasteiger partial charge on any atom is -0.491 e. The van der Waals surface area contributed by atoms with Gasteiger partial charge >= 0.3 is 5.97 Å². The highest BCUT2D eigenvalue weighted by Gasteiger charge is 2.17. The zero-order chi connectivity index (χ0) is 27.0. The van der Waals surface area contributed by atoms with Crippen LogP contribution in [0.2, 0.25) is 0 Å². The van der Waals surface area contributed by atoms with Crippen LogP contribution in [0.15, 0.2) is 23.3 Å². The summed E-state index contributed by atoms with van der Waals surface area (Å²) in [5.74, 6) is -0.0889. The van der Waals surface area contributed by atoms with Crippen molar-refractivity contribution in [2.45, 2.75) is 117 Å². The Morgan fingerprint density at radius 1 is 0.811 bits per heavy atom. The van der Waals surface area contributed by atoms with Crippen LogP contribution in [-0.2, 0) is 4.74 Å². The number of nitriles is 2. The number of nitrogens with one attached hydrogen (secondary N) is 1. The number of esters is 1. The van der Waals surface area contributed by atoms with Gasteiger partial charge in [-0.1, -0.05) is 109 Å². The number of carbonyl (C=O) groups excluding carboxylic acids is 1. The van der Waals surface area contributed by atoms with E-state index in [0.29, 0.717) is 18.0 Å². The minimum absolute atomic E-state index is 0.230. The lowest BCUT2D eigenvalue weighted by atomic mass is 10.0. The molecule has 204 valence electrons. The zero-order valence-corrected chi connectivity index (χ0v) is 23.0. The quantitative estimate of drug-likeness (QED) is 0.0727. The minimum atomic E-state index is -0.525. The van der Waals surface area contributed by atoms with Gasteiger partial charge in [-0.05, 0) is 25.5 Å². The maximum atomic E-state index is 12.3. The molecule has 0 spiro atoms. The van der Waals surface area contributed by atoms with E-state index in [1.54, 1.807) is 37.3 Å². The highest BCUT2D eigenvalue weighted by molar-refractivity contribution is 6.10. The Hall–Kier alpha value is -3.06. The number of hydrazone groups is 1. The molecule has 0 unspecified atom stereocenters. The van der Waals surface area contributed by atoms with Gasteiger partial charge in [0.25, 0.3) is 0 Å². The number of rotatable bonds is 22. The van der Waals surface area contributed by atoms with Crippen molar-refractivity contribution in [2.24, 2.45) is 5.10 Å². The summed E-state index contributed by atoms with van der Waals surface area (Å²) >= 11 is 0. The maximum Gasteiger partial charge on any atom is 0.340 e. The van der Waals surface area contributed by atoms with E-state index in [2.05, 4.69) is 17.5 Å². The second-order valence-electron chi connectivity index (χ2n) is 9.35. The molecule has 0 amide bonds. The zero-order valence-electron chi connectivity index (χ0n) is 23.0. The first-order valence-corrected chi connectivity index (χ1v) is 14.2. The Labute approximate surface area is 224 Å². The third-order valence-corrected chi connectivity index (χ3v) is 6.27. The lowest BCUT2D eigenvalue weighted by molar-refractivity contribution is 0.0527. The molecule has 1 rings (SSSR count). The van der Waals surface area contributed by atoms with Crippen molar-refractivity contribution in [2.75, 3.05) is 18.6 Å². The van der Waals surface area contributed by atoms with Gasteiger partial charge in [-0.2, -0.15) is 15.6 Å². The van der Waals surface area contributed by atoms with Crippen LogP contribution in [0.25, 0.3) is 0 Å². The molecule has 0 aliphatic heterocycles. The second-order valence-corrected chi connectivity index (χ2v) is 9.35. The van der Waals surface area contributed by atoms with Crippen molar-refractivity contribution in [3.05, 3.63) is 23.8 Å². The smallest absolute Gasteiger partial charge is 0.340 e. The van der Waals surface area contributed by atoms with Crippen LogP contribution in [0.5, 0.6) is 5.75 Å². The third-order valence-electron chi connectivity index (χ3n) is 6.27. The van der Waals surface area contributed by atoms with Crippen LogP contribution in [0, 0.1) is 22.7 Å². The molecule has 1 N–H and O–H groups in total. The summed E-state index contributed by atoms with van der Waals surface area (Å²) in [6.07, 6.45) is 20.9. The predicted octanol–water partition coefficient (Wildman–Crippen LogP) is 8.32. The van der Waals surface area contributed by atoms with Crippen molar-refractivity contribution < 1.29 is 14.3 Å². The van der Waals surface area contributed by atoms with Crippen LogP contribution in [0.3, 0.4) is 0 Å². The van der Waals surface area contributed by atoms with E-state index < -0.39 is 5.97 Å². The molecule has 0 bridgehead atoms. The topological polar surface area (TPSA) is 108 Å². The molecule has 7 heteroatoms. The number of hydrogen-bond donors (Lipinski definition) is 1. The fourth-order valence-corrected chi connectivity index (χ4v) is 4.16. The Morgan fingerprint density at radius 3 is 1.81 bits per heavy atom. The molecule has 0 saturated carbocycles. The van der Waals surface area contributed by atoms with Crippen molar-refractivity contribution in [3.63, 3.8) is 0 Å². The Kier molecular flexibility index (Phi) is 19.1. The number of anilines is 1. The molecule has 0 aliphatic rings. The van der Waals surface area contributed by atoms with E-state index in [-0.39, 0.29) is 17.9 Å². The van der Waals surface area contributed by atoms with Crippen molar-refractivity contribution in [1.82, 2.24) is 0 Å². The maximum absolute atomic E-state index is 12.3. The average Bonchev–Trinajstić information content (AvgIpc) is 2.91. The average molecular weight is 511 g/mol. The van der Waals surface area contributed by atoms with Crippen LogP contribution < -0.4 is 10.2 Å². The summed E-state index contributed by atoms with van der Waals surface area (Å²) < 4.78 is 11.0. The largest absolute Gasteiger partial charge is 0.491 e. The molecule has 7 nitrogen and oxygen atoms in total. The van der Waals surface area contributed by atoms with Gasteiger partial charge in [-0.15, -0.1) is 0 Å². The van der Waals surface area contributed by atoms with Gasteiger partial charge in [0, 0.05) is 0 Å². The third kappa shape index (κ3) is 14.9. The molecule has 0 saturated heterocycles. The number of nitrogens with zero attached hydrogens (tertiary/aromatic N) is 3. The molecule has 0 radical (unpaired) electrons. The summed E-state index contributed by atoms with van der Waals surface area (Å²) in [5, 5.41) is 21.7. The van der Waals surface area contributed by atoms with Gasteiger partial charge in [0.05, 0.1) is 18.8 Å². The van der Waals surface area contributed by atoms with Crippen LogP contribution in [0.1, 0.15) is 127 Å². The standard InChI is InChI=1S/C30H46N4O3/c1-3-5-6-7-8-9-10-11-12-13-14-15-16-17-18-19-23-37-28-22-20-21-27(30(35)36-4-2)29(28)34-33-26(24-31)25-32/h20-22,34H,3-19,23H2,1-2H3. The number of para-hydroxylation sites is 1. The number of benzene rings is 1. The first-order valence-electron chi connectivity index (χ1n) is 14.2. The molecule has 0 aromatic heterocycles. The molecule has 37 heavy (non-hydrogen) atoms. The number of unbranched alkanes of at least 4 members (excludes halogenated alkanes) is 15. The van der Waals surface area contributed by atoms with Gasteiger partial charge in [-0.25, -0.2) is 4.79 Å². The fraction of sp³-hybridized carbons (Fsp3) is 0.667. The van der Waals surface area contributed by atoms with E-state index in [1.165, 1.54) is 89.9 Å². The van der Waals surface area contributed by atoms with Gasteiger partial charge in [0.2, 0.25) is 5.71 Å². The molecular weight excluding hydrogens is 464 g/mol. The highest BCUT2D eigenvalue weighted by atomic mass is 16.5. The first-order chi connectivity index (χ1) is 18.2. The van der Waals surface area contributed by atoms with Crippen molar-refractivity contribution in [1.29, 1.82) is 10.5 Å². The second kappa shape index (κ2) is 22.2. The van der Waals surface area contributed by atoms with E-state index in [4.69, 9.17) is 20.0 Å². The van der Waals surface area contributed by atoms with E-state index in [0.717, 1.165) is 12.8 Å². The van der Waals surface area contributed by atoms with Crippen LogP contribution >= 0.6 is 0 Å². The SMILES string of the molecule is CCCCCCCCCCCCCCCCCCOc1cccc(C(=O)OCC)c1NN=C(C#N)C#N. The van der Waals surface area contributed by atoms with Gasteiger partial charge in [-0.3, -0.25) is 5.43 Å². The molecule has 0 fully saturated rings. The number of hydrogen-bond acceptors (Lipinski definition) is 7. The number of ether oxygens (including phenoxy) is 2. The molecule has 0 heterocycles. The Morgan fingerprint density at radius 2 is 1.32 bits per heavy atom. The van der Waals surface area contributed by atoms with Crippen molar-refractivity contribution in [3.8, 4) is 17.9 Å². The Bertz CT molecular complexity index is 855. The monoisotopic (exact) mass is 510 g/mol. The number of carbonyl (C=O) groups is 1. The fourth-order valence-electron chi connectivity index (χ4n) is 4.16. The van der Waals surface area contributed by atoms with E-state index in [9.17, 15) is 4.79 Å².